The maximum absolute atomic E-state index is 12.6. The fourth-order valence-electron chi connectivity index (χ4n) is 3.88. The van der Waals surface area contributed by atoms with Gasteiger partial charge < -0.3 is 19.1 Å². The summed E-state index contributed by atoms with van der Waals surface area (Å²) in [4.78, 5) is 20.9. The van der Waals surface area contributed by atoms with E-state index in [1.54, 1.807) is 0 Å². The largest absolute Gasteiger partial charge is 0.363 e. The molecule has 22 heavy (non-hydrogen) atoms. The topological polar surface area (TPSA) is 71.7 Å². The van der Waals surface area contributed by atoms with Crippen LogP contribution in [-0.2, 0) is 4.74 Å². The molecule has 1 aromatic heterocycles. The highest BCUT2D eigenvalue weighted by atomic mass is 16.5. The Bertz CT molecular complexity index is 555. The van der Waals surface area contributed by atoms with E-state index in [1.165, 1.54) is 0 Å². The van der Waals surface area contributed by atoms with E-state index in [0.29, 0.717) is 11.7 Å². The SMILES string of the molecule is Cc1noc([C@H]2CC[C@@H]3[C@@H](CCN3C(=O)N3CCCC3)O2)n1. The van der Waals surface area contributed by atoms with Crippen LogP contribution in [0.15, 0.2) is 4.52 Å². The molecule has 0 spiro atoms. The zero-order chi connectivity index (χ0) is 15.1. The Morgan fingerprint density at radius 2 is 2.00 bits per heavy atom. The molecule has 7 nitrogen and oxygen atoms in total. The van der Waals surface area contributed by atoms with Gasteiger partial charge in [-0.3, -0.25) is 0 Å². The summed E-state index contributed by atoms with van der Waals surface area (Å²) in [6.45, 7) is 4.40. The van der Waals surface area contributed by atoms with E-state index in [0.717, 1.165) is 51.7 Å². The van der Waals surface area contributed by atoms with Crippen LogP contribution in [0.4, 0.5) is 4.79 Å². The fraction of sp³-hybridized carbons (Fsp3) is 0.800. The maximum atomic E-state index is 12.6. The highest BCUT2D eigenvalue weighted by molar-refractivity contribution is 5.75. The molecule has 7 heteroatoms. The van der Waals surface area contributed by atoms with E-state index in [4.69, 9.17) is 9.26 Å². The molecule has 3 aliphatic rings. The Labute approximate surface area is 129 Å². The first kappa shape index (κ1) is 14.0. The Balaban J connectivity index is 1.42. The van der Waals surface area contributed by atoms with Crippen LogP contribution in [0.5, 0.6) is 0 Å². The molecule has 3 saturated heterocycles. The van der Waals surface area contributed by atoms with Crippen LogP contribution in [-0.4, -0.2) is 57.8 Å². The summed E-state index contributed by atoms with van der Waals surface area (Å²) in [7, 11) is 0. The van der Waals surface area contributed by atoms with E-state index in [9.17, 15) is 4.79 Å². The van der Waals surface area contributed by atoms with Gasteiger partial charge in [-0.1, -0.05) is 5.16 Å². The molecule has 0 saturated carbocycles. The van der Waals surface area contributed by atoms with Gasteiger partial charge in [0.25, 0.3) is 5.89 Å². The summed E-state index contributed by atoms with van der Waals surface area (Å²) in [5.41, 5.74) is 0. The number of aromatic nitrogens is 2. The molecule has 0 unspecified atom stereocenters. The predicted octanol–water partition coefficient (Wildman–Crippen LogP) is 1.89. The van der Waals surface area contributed by atoms with Gasteiger partial charge in [0.05, 0.1) is 12.1 Å². The Morgan fingerprint density at radius 1 is 1.18 bits per heavy atom. The average Bonchev–Trinajstić information content (AvgIpc) is 3.26. The van der Waals surface area contributed by atoms with Crippen LogP contribution in [0.2, 0.25) is 0 Å². The first-order chi connectivity index (χ1) is 10.7. The number of likely N-dealkylation sites (tertiary alicyclic amines) is 2. The van der Waals surface area contributed by atoms with Crippen molar-refractivity contribution in [2.24, 2.45) is 0 Å². The van der Waals surface area contributed by atoms with E-state index in [-0.39, 0.29) is 24.3 Å². The quantitative estimate of drug-likeness (QED) is 0.792. The molecule has 4 heterocycles. The van der Waals surface area contributed by atoms with Gasteiger partial charge >= 0.3 is 6.03 Å². The molecule has 3 fully saturated rings. The number of hydrogen-bond donors (Lipinski definition) is 0. The van der Waals surface area contributed by atoms with Crippen LogP contribution >= 0.6 is 0 Å². The monoisotopic (exact) mass is 306 g/mol. The Hall–Kier alpha value is -1.63. The van der Waals surface area contributed by atoms with Gasteiger partial charge in [-0.05, 0) is 39.0 Å². The van der Waals surface area contributed by atoms with Crippen LogP contribution < -0.4 is 0 Å². The van der Waals surface area contributed by atoms with Gasteiger partial charge in [0, 0.05) is 19.6 Å². The van der Waals surface area contributed by atoms with Crippen molar-refractivity contribution in [2.45, 2.75) is 57.3 Å². The number of carbonyl (C=O) groups is 1. The lowest BCUT2D eigenvalue weighted by molar-refractivity contribution is -0.0789. The number of ether oxygens (including phenoxy) is 1. The number of amides is 2. The van der Waals surface area contributed by atoms with Crippen molar-refractivity contribution in [2.75, 3.05) is 19.6 Å². The molecule has 0 N–H and O–H groups in total. The van der Waals surface area contributed by atoms with Crippen molar-refractivity contribution in [3.63, 3.8) is 0 Å². The molecule has 3 atom stereocenters. The summed E-state index contributed by atoms with van der Waals surface area (Å²) in [6, 6.07) is 0.397. The molecule has 1 aromatic rings. The van der Waals surface area contributed by atoms with Crippen molar-refractivity contribution in [1.29, 1.82) is 0 Å². The van der Waals surface area contributed by atoms with E-state index in [2.05, 4.69) is 10.1 Å². The zero-order valence-electron chi connectivity index (χ0n) is 12.9. The second-order valence-electron chi connectivity index (χ2n) is 6.45. The molecule has 0 bridgehead atoms. The smallest absolute Gasteiger partial charge is 0.320 e. The van der Waals surface area contributed by atoms with Crippen molar-refractivity contribution in [3.8, 4) is 0 Å². The van der Waals surface area contributed by atoms with Gasteiger partial charge in [-0.15, -0.1) is 0 Å². The lowest BCUT2D eigenvalue weighted by atomic mass is 9.99. The third kappa shape index (κ3) is 2.37. The average molecular weight is 306 g/mol. The van der Waals surface area contributed by atoms with Crippen molar-refractivity contribution in [3.05, 3.63) is 11.7 Å². The summed E-state index contributed by atoms with van der Waals surface area (Å²) < 4.78 is 11.4. The van der Waals surface area contributed by atoms with Gasteiger partial charge in [-0.25, -0.2) is 4.79 Å². The second kappa shape index (κ2) is 5.53. The lowest BCUT2D eigenvalue weighted by Gasteiger charge is -2.36. The van der Waals surface area contributed by atoms with Gasteiger partial charge in [0.1, 0.15) is 6.10 Å². The molecule has 4 rings (SSSR count). The number of fused-ring (bicyclic) bond motifs is 1. The zero-order valence-corrected chi connectivity index (χ0v) is 12.9. The minimum atomic E-state index is -0.121. The number of hydrogen-bond acceptors (Lipinski definition) is 5. The van der Waals surface area contributed by atoms with E-state index >= 15 is 0 Å². The Kier molecular flexibility index (Phi) is 3.52. The normalized spacial score (nSPS) is 31.6. The van der Waals surface area contributed by atoms with Crippen molar-refractivity contribution < 1.29 is 14.1 Å². The second-order valence-corrected chi connectivity index (χ2v) is 6.45. The van der Waals surface area contributed by atoms with E-state index < -0.39 is 0 Å². The minimum absolute atomic E-state index is 0.0949. The first-order valence-electron chi connectivity index (χ1n) is 8.23. The van der Waals surface area contributed by atoms with Crippen molar-refractivity contribution >= 4 is 6.03 Å². The van der Waals surface area contributed by atoms with E-state index in [1.807, 2.05) is 16.7 Å². The molecule has 0 aliphatic carbocycles. The summed E-state index contributed by atoms with van der Waals surface area (Å²) in [5.74, 6) is 1.21. The Morgan fingerprint density at radius 3 is 2.73 bits per heavy atom. The number of rotatable bonds is 1. The first-order valence-corrected chi connectivity index (χ1v) is 8.23. The third-order valence-corrected chi connectivity index (χ3v) is 4.99. The molecule has 120 valence electrons. The van der Waals surface area contributed by atoms with Crippen molar-refractivity contribution in [1.82, 2.24) is 19.9 Å². The number of urea groups is 1. The van der Waals surface area contributed by atoms with Gasteiger partial charge in [-0.2, -0.15) is 4.98 Å². The maximum Gasteiger partial charge on any atom is 0.320 e. The van der Waals surface area contributed by atoms with Crippen LogP contribution in [0.1, 0.15) is 49.9 Å². The summed E-state index contributed by atoms with van der Waals surface area (Å²) in [5, 5.41) is 3.84. The minimum Gasteiger partial charge on any atom is -0.363 e. The van der Waals surface area contributed by atoms with Gasteiger partial charge in [0.15, 0.2) is 5.82 Å². The highest BCUT2D eigenvalue weighted by Gasteiger charge is 2.44. The van der Waals surface area contributed by atoms with Crippen LogP contribution in [0.3, 0.4) is 0 Å². The fourth-order valence-corrected chi connectivity index (χ4v) is 3.88. The molecule has 0 aromatic carbocycles. The highest BCUT2D eigenvalue weighted by Crippen LogP contribution is 2.38. The molecule has 0 radical (unpaired) electrons. The standard InChI is InChI=1S/C15H22N4O3/c1-10-16-14(22-17-10)13-5-4-11-12(21-13)6-9-19(11)15(20)18-7-2-3-8-18/h11-13H,2-9H2,1H3/t11-,12-,13-/m1/s1. The molecular weight excluding hydrogens is 284 g/mol. The van der Waals surface area contributed by atoms with Crippen LogP contribution in [0, 0.1) is 6.92 Å². The third-order valence-electron chi connectivity index (χ3n) is 4.99. The number of nitrogens with zero attached hydrogens (tertiary/aromatic N) is 4. The molecular formula is C15H22N4O3. The number of aryl methyl sites for hydroxylation is 1. The summed E-state index contributed by atoms with van der Waals surface area (Å²) >= 11 is 0. The number of carbonyl (C=O) groups excluding carboxylic acids is 1. The lowest BCUT2D eigenvalue weighted by Crippen LogP contribution is -2.48. The van der Waals surface area contributed by atoms with Gasteiger partial charge in [0.2, 0.25) is 0 Å². The predicted molar refractivity (Wildman–Crippen MR) is 77.2 cm³/mol. The summed E-state index contributed by atoms with van der Waals surface area (Å²) in [6.07, 6.45) is 4.89. The molecule has 3 aliphatic heterocycles. The van der Waals surface area contributed by atoms with Crippen LogP contribution in [0.25, 0.3) is 0 Å². The molecule has 2 amide bonds.